The Morgan fingerprint density at radius 3 is 2.29 bits per heavy atom. The molecule has 0 aliphatic carbocycles. The van der Waals surface area contributed by atoms with Crippen LogP contribution in [0.15, 0.2) is 0 Å². The van der Waals surface area contributed by atoms with E-state index >= 15 is 0 Å². The summed E-state index contributed by atoms with van der Waals surface area (Å²) in [5.41, 5.74) is 0. The highest BCUT2D eigenvalue weighted by Gasteiger charge is 2.00. The van der Waals surface area contributed by atoms with Gasteiger partial charge in [0.25, 0.3) is 0 Å². The van der Waals surface area contributed by atoms with Crippen molar-refractivity contribution in [3.8, 4) is 0 Å². The summed E-state index contributed by atoms with van der Waals surface area (Å²) in [5, 5.41) is 16.3. The highest BCUT2D eigenvalue weighted by molar-refractivity contribution is 5.67. The topological polar surface area (TPSA) is 57.5 Å². The lowest BCUT2D eigenvalue weighted by Crippen LogP contribution is -2.07. The number of carbonyl (C=O) groups is 1. The SMILES string of the molecule is CC(O)C[13C](=O)O. The van der Waals surface area contributed by atoms with Gasteiger partial charge in [0.05, 0.1) is 12.5 Å². The molecule has 0 aromatic rings. The van der Waals surface area contributed by atoms with E-state index in [1.165, 1.54) is 6.92 Å². The van der Waals surface area contributed by atoms with E-state index in [1.54, 1.807) is 0 Å². The van der Waals surface area contributed by atoms with Crippen LogP contribution in [0.3, 0.4) is 0 Å². The summed E-state index contributed by atoms with van der Waals surface area (Å²) < 4.78 is 0. The molecule has 0 aliphatic heterocycles. The van der Waals surface area contributed by atoms with E-state index in [2.05, 4.69) is 0 Å². The standard InChI is InChI=1S/C4H8O3/c1-3(5)2-4(6)7/h3,5H,2H2,1H3,(H,6,7)/i4+1. The molecule has 0 radical (unpaired) electrons. The van der Waals surface area contributed by atoms with E-state index in [1.807, 2.05) is 0 Å². The molecule has 7 heavy (non-hydrogen) atoms. The Morgan fingerprint density at radius 2 is 2.29 bits per heavy atom. The maximum absolute atomic E-state index is 9.65. The molecule has 3 nitrogen and oxygen atoms in total. The van der Waals surface area contributed by atoms with Crippen LogP contribution in [0.1, 0.15) is 13.3 Å². The molecule has 2 N–H and O–H groups in total. The van der Waals surface area contributed by atoms with Crippen LogP contribution in [0.5, 0.6) is 0 Å². The summed E-state index contributed by atoms with van der Waals surface area (Å²) in [4.78, 5) is 9.65. The summed E-state index contributed by atoms with van der Waals surface area (Å²) in [6, 6.07) is 0. The zero-order valence-electron chi connectivity index (χ0n) is 4.09. The minimum absolute atomic E-state index is 0.167. The Balaban J connectivity index is 3.13. The zero-order valence-corrected chi connectivity index (χ0v) is 4.09. The molecular formula is C4H8O3. The minimum atomic E-state index is -0.963. The van der Waals surface area contributed by atoms with Crippen molar-refractivity contribution in [1.82, 2.24) is 0 Å². The molecule has 0 aliphatic rings. The predicted molar refractivity (Wildman–Crippen MR) is 23.9 cm³/mol. The van der Waals surface area contributed by atoms with E-state index in [0.29, 0.717) is 0 Å². The Labute approximate surface area is 41.6 Å². The van der Waals surface area contributed by atoms with E-state index in [-0.39, 0.29) is 6.42 Å². The molecule has 0 saturated carbocycles. The summed E-state index contributed by atoms with van der Waals surface area (Å²) >= 11 is 0. The third kappa shape index (κ3) is 5.43. The van der Waals surface area contributed by atoms with Gasteiger partial charge >= 0.3 is 5.97 Å². The van der Waals surface area contributed by atoms with Gasteiger partial charge in [-0.2, -0.15) is 0 Å². The molecule has 1 atom stereocenters. The maximum Gasteiger partial charge on any atom is 0.305 e. The number of hydrogen-bond donors (Lipinski definition) is 2. The predicted octanol–water partition coefficient (Wildman–Crippen LogP) is -0.158. The van der Waals surface area contributed by atoms with Crippen LogP contribution in [0.25, 0.3) is 0 Å². The molecule has 0 fully saturated rings. The Morgan fingerprint density at radius 1 is 1.86 bits per heavy atom. The second-order valence-electron chi connectivity index (χ2n) is 1.45. The minimum Gasteiger partial charge on any atom is -0.481 e. The molecule has 42 valence electrons. The quantitative estimate of drug-likeness (QED) is 0.480. The van der Waals surface area contributed by atoms with Gasteiger partial charge in [0.1, 0.15) is 0 Å². The average Bonchev–Trinajstić information content (AvgIpc) is 1.27. The first-order valence-corrected chi connectivity index (χ1v) is 2.03. The molecule has 0 spiro atoms. The van der Waals surface area contributed by atoms with Gasteiger partial charge in [0.15, 0.2) is 0 Å². The van der Waals surface area contributed by atoms with Crippen LogP contribution >= 0.6 is 0 Å². The van der Waals surface area contributed by atoms with E-state index in [4.69, 9.17) is 10.2 Å². The average molecular weight is 105 g/mol. The normalized spacial score (nSPS) is 13.4. The largest absolute Gasteiger partial charge is 0.481 e. The molecular weight excluding hydrogens is 97.0 g/mol. The van der Waals surface area contributed by atoms with Gasteiger partial charge in [-0.05, 0) is 6.92 Å². The molecule has 3 heteroatoms. The molecule has 0 heterocycles. The molecule has 0 bridgehead atoms. The second-order valence-corrected chi connectivity index (χ2v) is 1.45. The summed E-state index contributed by atoms with van der Waals surface area (Å²) in [6.07, 6.45) is -0.891. The van der Waals surface area contributed by atoms with Gasteiger partial charge in [-0.1, -0.05) is 0 Å². The first-order chi connectivity index (χ1) is 3.13. The lowest BCUT2D eigenvalue weighted by Gasteiger charge is -1.94. The number of carboxylic acid groups (broad SMARTS) is 1. The summed E-state index contributed by atoms with van der Waals surface area (Å²) in [7, 11) is 0. The fourth-order valence-electron chi connectivity index (χ4n) is 0.253. The number of hydrogen-bond acceptors (Lipinski definition) is 2. The van der Waals surface area contributed by atoms with Crippen LogP contribution in [-0.4, -0.2) is 22.3 Å². The third-order valence-electron chi connectivity index (χ3n) is 0.470. The van der Waals surface area contributed by atoms with Gasteiger partial charge < -0.3 is 10.2 Å². The van der Waals surface area contributed by atoms with Crippen LogP contribution in [0.2, 0.25) is 0 Å². The molecule has 1 unspecified atom stereocenters. The molecule has 0 saturated heterocycles. The molecule has 0 aromatic heterocycles. The van der Waals surface area contributed by atoms with Gasteiger partial charge in [-0.15, -0.1) is 0 Å². The molecule has 0 rings (SSSR count). The maximum atomic E-state index is 9.65. The van der Waals surface area contributed by atoms with E-state index < -0.39 is 12.1 Å². The van der Waals surface area contributed by atoms with Crippen LogP contribution < -0.4 is 0 Å². The van der Waals surface area contributed by atoms with Gasteiger partial charge in [0.2, 0.25) is 0 Å². The molecule has 0 aromatic carbocycles. The van der Waals surface area contributed by atoms with Crippen molar-refractivity contribution in [3.05, 3.63) is 0 Å². The number of aliphatic hydroxyl groups is 1. The van der Waals surface area contributed by atoms with Crippen LogP contribution in [-0.2, 0) is 4.79 Å². The number of aliphatic carboxylic acids is 1. The lowest BCUT2D eigenvalue weighted by molar-refractivity contribution is -0.138. The fourth-order valence-corrected chi connectivity index (χ4v) is 0.253. The van der Waals surface area contributed by atoms with Crippen molar-refractivity contribution < 1.29 is 15.0 Å². The Kier molecular flexibility index (Phi) is 2.37. The van der Waals surface area contributed by atoms with Crippen molar-refractivity contribution in [2.45, 2.75) is 19.4 Å². The lowest BCUT2D eigenvalue weighted by atomic mass is 10.4. The first-order valence-electron chi connectivity index (χ1n) is 2.03. The fraction of sp³-hybridized carbons (Fsp3) is 0.750. The van der Waals surface area contributed by atoms with Crippen molar-refractivity contribution in [2.75, 3.05) is 0 Å². The monoisotopic (exact) mass is 105 g/mol. The Bertz CT molecular complexity index is 67.3. The van der Waals surface area contributed by atoms with Crippen molar-refractivity contribution in [1.29, 1.82) is 0 Å². The molecule has 0 amide bonds. The summed E-state index contributed by atoms with van der Waals surface area (Å²) in [5.74, 6) is -0.963. The van der Waals surface area contributed by atoms with Gasteiger partial charge in [0, 0.05) is 0 Å². The van der Waals surface area contributed by atoms with E-state index in [0.717, 1.165) is 0 Å². The summed E-state index contributed by atoms with van der Waals surface area (Å²) in [6.45, 7) is 1.44. The van der Waals surface area contributed by atoms with Crippen molar-refractivity contribution >= 4 is 5.97 Å². The number of carboxylic acids is 1. The van der Waals surface area contributed by atoms with Gasteiger partial charge in [-0.3, -0.25) is 4.79 Å². The first kappa shape index (κ1) is 6.43. The second kappa shape index (κ2) is 2.58. The smallest absolute Gasteiger partial charge is 0.305 e. The number of aliphatic hydroxyl groups excluding tert-OH is 1. The highest BCUT2D eigenvalue weighted by atomic mass is 16.5. The van der Waals surface area contributed by atoms with Crippen LogP contribution in [0.4, 0.5) is 0 Å². The van der Waals surface area contributed by atoms with Crippen molar-refractivity contribution in [2.24, 2.45) is 0 Å². The Hall–Kier alpha value is -0.570. The van der Waals surface area contributed by atoms with Crippen LogP contribution in [0, 0.1) is 0 Å². The van der Waals surface area contributed by atoms with Gasteiger partial charge in [-0.25, -0.2) is 0 Å². The van der Waals surface area contributed by atoms with E-state index in [9.17, 15) is 4.79 Å². The highest BCUT2D eigenvalue weighted by Crippen LogP contribution is 1.85. The third-order valence-corrected chi connectivity index (χ3v) is 0.470. The zero-order chi connectivity index (χ0) is 5.86. The van der Waals surface area contributed by atoms with Crippen molar-refractivity contribution in [3.63, 3.8) is 0 Å². The number of rotatable bonds is 2.